The monoisotopic (exact) mass is 321 g/mol. The molecule has 1 unspecified atom stereocenters. The molecular formula is C19H23N5. The first-order chi connectivity index (χ1) is 11.7. The lowest BCUT2D eigenvalue weighted by Crippen LogP contribution is -2.30. The average molecular weight is 321 g/mol. The van der Waals surface area contributed by atoms with Gasteiger partial charge in [-0.15, -0.1) is 0 Å². The van der Waals surface area contributed by atoms with E-state index in [4.69, 9.17) is 0 Å². The van der Waals surface area contributed by atoms with Gasteiger partial charge in [0.1, 0.15) is 12.7 Å². The summed E-state index contributed by atoms with van der Waals surface area (Å²) < 4.78 is 1.76. The van der Waals surface area contributed by atoms with Crippen molar-refractivity contribution < 1.29 is 0 Å². The van der Waals surface area contributed by atoms with Crippen LogP contribution in [0.4, 0.5) is 0 Å². The quantitative estimate of drug-likeness (QED) is 0.727. The number of hydrogen-bond donors (Lipinski definition) is 1. The summed E-state index contributed by atoms with van der Waals surface area (Å²) in [5.74, 6) is 0. The molecule has 124 valence electrons. The molecule has 0 saturated carbocycles. The van der Waals surface area contributed by atoms with Crippen molar-refractivity contribution in [2.45, 2.75) is 12.6 Å². The van der Waals surface area contributed by atoms with Crippen molar-refractivity contribution in [2.24, 2.45) is 0 Å². The second-order valence-corrected chi connectivity index (χ2v) is 6.11. The van der Waals surface area contributed by atoms with Gasteiger partial charge in [-0.05, 0) is 37.4 Å². The van der Waals surface area contributed by atoms with E-state index in [0.29, 0.717) is 6.04 Å². The zero-order valence-electron chi connectivity index (χ0n) is 14.1. The molecular weight excluding hydrogens is 298 g/mol. The molecule has 0 saturated heterocycles. The number of nitrogens with one attached hydrogen (secondary N) is 1. The highest BCUT2D eigenvalue weighted by atomic mass is 15.3. The van der Waals surface area contributed by atoms with Gasteiger partial charge in [0.15, 0.2) is 0 Å². The number of nitrogens with zero attached hydrogens (tertiary/aromatic N) is 4. The number of rotatable bonds is 7. The van der Waals surface area contributed by atoms with Gasteiger partial charge in [-0.1, -0.05) is 42.5 Å². The minimum absolute atomic E-state index is 0.302. The summed E-state index contributed by atoms with van der Waals surface area (Å²) in [5, 5.41) is 7.81. The van der Waals surface area contributed by atoms with Gasteiger partial charge >= 0.3 is 0 Å². The predicted molar refractivity (Wildman–Crippen MR) is 95.9 cm³/mol. The average Bonchev–Trinajstić information content (AvgIpc) is 3.14. The fraction of sp³-hybridized carbons (Fsp3) is 0.263. The molecule has 24 heavy (non-hydrogen) atoms. The zero-order chi connectivity index (χ0) is 16.8. The molecule has 1 N–H and O–H groups in total. The van der Waals surface area contributed by atoms with E-state index in [1.54, 1.807) is 17.3 Å². The Morgan fingerprint density at radius 1 is 1.04 bits per heavy atom. The Hall–Kier alpha value is -2.50. The molecule has 0 aliphatic rings. The van der Waals surface area contributed by atoms with Crippen LogP contribution in [-0.2, 0) is 6.54 Å². The Morgan fingerprint density at radius 2 is 1.79 bits per heavy atom. The lowest BCUT2D eigenvalue weighted by atomic mass is 10.1. The SMILES string of the molecule is CN(C)CC(NCc1ccc(-n2cncn2)cc1)c1ccccc1. The molecule has 5 nitrogen and oxygen atoms in total. The third kappa shape index (κ3) is 4.28. The smallest absolute Gasteiger partial charge is 0.138 e. The van der Waals surface area contributed by atoms with Crippen molar-refractivity contribution in [3.05, 3.63) is 78.4 Å². The van der Waals surface area contributed by atoms with Crippen molar-refractivity contribution >= 4 is 0 Å². The summed E-state index contributed by atoms with van der Waals surface area (Å²) in [6, 6.07) is 19.3. The van der Waals surface area contributed by atoms with E-state index in [2.05, 4.69) is 89.0 Å². The Bertz CT molecular complexity index is 720. The molecule has 0 radical (unpaired) electrons. The highest BCUT2D eigenvalue weighted by molar-refractivity contribution is 5.33. The van der Waals surface area contributed by atoms with Crippen molar-refractivity contribution in [1.82, 2.24) is 25.0 Å². The first-order valence-corrected chi connectivity index (χ1v) is 8.09. The lowest BCUT2D eigenvalue weighted by Gasteiger charge is -2.23. The third-order valence-electron chi connectivity index (χ3n) is 3.92. The maximum absolute atomic E-state index is 4.15. The Labute approximate surface area is 143 Å². The molecule has 0 aliphatic carbocycles. The normalized spacial score (nSPS) is 12.5. The number of benzene rings is 2. The third-order valence-corrected chi connectivity index (χ3v) is 3.92. The molecule has 0 bridgehead atoms. The van der Waals surface area contributed by atoms with Gasteiger partial charge in [-0.2, -0.15) is 5.10 Å². The van der Waals surface area contributed by atoms with E-state index in [0.717, 1.165) is 18.8 Å². The maximum atomic E-state index is 4.15. The van der Waals surface area contributed by atoms with Gasteiger partial charge in [-0.3, -0.25) is 0 Å². The first-order valence-electron chi connectivity index (χ1n) is 8.09. The second-order valence-electron chi connectivity index (χ2n) is 6.11. The van der Waals surface area contributed by atoms with Crippen LogP contribution in [0.1, 0.15) is 17.2 Å². The minimum Gasteiger partial charge on any atom is -0.308 e. The minimum atomic E-state index is 0.302. The summed E-state index contributed by atoms with van der Waals surface area (Å²) in [6.07, 6.45) is 3.25. The molecule has 3 rings (SSSR count). The highest BCUT2D eigenvalue weighted by Crippen LogP contribution is 2.15. The zero-order valence-corrected chi connectivity index (χ0v) is 14.1. The number of aromatic nitrogens is 3. The topological polar surface area (TPSA) is 46.0 Å². The summed E-state index contributed by atoms with van der Waals surface area (Å²) in [6.45, 7) is 1.78. The van der Waals surface area contributed by atoms with E-state index in [1.807, 2.05) is 0 Å². The molecule has 1 atom stereocenters. The summed E-state index contributed by atoms with van der Waals surface area (Å²) in [7, 11) is 4.20. The van der Waals surface area contributed by atoms with Crippen LogP contribution in [0.15, 0.2) is 67.3 Å². The fourth-order valence-corrected chi connectivity index (χ4v) is 2.69. The largest absolute Gasteiger partial charge is 0.308 e. The predicted octanol–water partition coefficient (Wildman–Crippen LogP) is 2.66. The first kappa shape index (κ1) is 16.4. The summed E-state index contributed by atoms with van der Waals surface area (Å²) in [4.78, 5) is 6.18. The van der Waals surface area contributed by atoms with Crippen LogP contribution in [0.2, 0.25) is 0 Å². The van der Waals surface area contributed by atoms with Gasteiger partial charge in [0, 0.05) is 19.1 Å². The van der Waals surface area contributed by atoms with Gasteiger partial charge in [0.05, 0.1) is 5.69 Å². The summed E-state index contributed by atoms with van der Waals surface area (Å²) in [5.41, 5.74) is 3.58. The molecule has 5 heteroatoms. The van der Waals surface area contributed by atoms with Crippen LogP contribution in [0.25, 0.3) is 5.69 Å². The molecule has 1 aromatic heterocycles. The van der Waals surface area contributed by atoms with Crippen molar-refractivity contribution in [3.8, 4) is 5.69 Å². The van der Waals surface area contributed by atoms with E-state index in [9.17, 15) is 0 Å². The molecule has 1 heterocycles. The van der Waals surface area contributed by atoms with Crippen molar-refractivity contribution in [3.63, 3.8) is 0 Å². The molecule has 2 aromatic carbocycles. The number of likely N-dealkylation sites (N-methyl/N-ethyl adjacent to an activating group) is 1. The Morgan fingerprint density at radius 3 is 2.42 bits per heavy atom. The summed E-state index contributed by atoms with van der Waals surface area (Å²) >= 11 is 0. The van der Waals surface area contributed by atoms with E-state index < -0.39 is 0 Å². The van der Waals surface area contributed by atoms with Gasteiger partial charge < -0.3 is 10.2 Å². The number of hydrogen-bond acceptors (Lipinski definition) is 4. The second kappa shape index (κ2) is 7.86. The van der Waals surface area contributed by atoms with Crippen molar-refractivity contribution in [1.29, 1.82) is 0 Å². The standard InChI is InChI=1S/C19H23N5/c1-23(2)13-19(17-6-4-3-5-7-17)21-12-16-8-10-18(11-9-16)24-15-20-14-22-24/h3-11,14-15,19,21H,12-13H2,1-2H3. The van der Waals surface area contributed by atoms with Crippen LogP contribution in [0, 0.1) is 0 Å². The van der Waals surface area contributed by atoms with E-state index in [1.165, 1.54) is 11.1 Å². The molecule has 0 fully saturated rings. The van der Waals surface area contributed by atoms with Gasteiger partial charge in [0.25, 0.3) is 0 Å². The van der Waals surface area contributed by atoms with Gasteiger partial charge in [0.2, 0.25) is 0 Å². The van der Waals surface area contributed by atoms with Crippen molar-refractivity contribution in [2.75, 3.05) is 20.6 Å². The molecule has 3 aromatic rings. The highest BCUT2D eigenvalue weighted by Gasteiger charge is 2.11. The van der Waals surface area contributed by atoms with E-state index >= 15 is 0 Å². The lowest BCUT2D eigenvalue weighted by molar-refractivity contribution is 0.340. The van der Waals surface area contributed by atoms with Crippen LogP contribution in [0.3, 0.4) is 0 Å². The maximum Gasteiger partial charge on any atom is 0.138 e. The molecule has 0 amide bonds. The van der Waals surface area contributed by atoms with Crippen LogP contribution in [0.5, 0.6) is 0 Å². The van der Waals surface area contributed by atoms with Crippen LogP contribution < -0.4 is 5.32 Å². The Kier molecular flexibility index (Phi) is 5.36. The van der Waals surface area contributed by atoms with Crippen LogP contribution >= 0.6 is 0 Å². The Balaban J connectivity index is 1.66. The van der Waals surface area contributed by atoms with E-state index in [-0.39, 0.29) is 0 Å². The molecule has 0 spiro atoms. The van der Waals surface area contributed by atoms with Crippen LogP contribution in [-0.4, -0.2) is 40.3 Å². The fourth-order valence-electron chi connectivity index (χ4n) is 2.69. The molecule has 0 aliphatic heterocycles. The van der Waals surface area contributed by atoms with Gasteiger partial charge in [-0.25, -0.2) is 9.67 Å².